The maximum atomic E-state index is 12.5. The molecule has 2 heterocycles. The summed E-state index contributed by atoms with van der Waals surface area (Å²) in [6, 6.07) is 13.9. The van der Waals surface area contributed by atoms with E-state index in [9.17, 15) is 4.79 Å². The fourth-order valence-corrected chi connectivity index (χ4v) is 3.47. The molecule has 2 N–H and O–H groups in total. The lowest BCUT2D eigenvalue weighted by atomic mass is 10.1. The van der Waals surface area contributed by atoms with Gasteiger partial charge in [-0.25, -0.2) is 4.98 Å². The number of H-pyrrole nitrogens is 1. The number of para-hydroxylation sites is 1. The van der Waals surface area contributed by atoms with E-state index in [0.717, 1.165) is 39.0 Å². The molecule has 0 radical (unpaired) electrons. The van der Waals surface area contributed by atoms with E-state index in [0.29, 0.717) is 12.3 Å². The Morgan fingerprint density at radius 3 is 2.85 bits per heavy atom. The van der Waals surface area contributed by atoms with Crippen molar-refractivity contribution in [1.82, 2.24) is 14.5 Å². The number of rotatable bonds is 4. The summed E-state index contributed by atoms with van der Waals surface area (Å²) in [5, 5.41) is 4.08. The van der Waals surface area contributed by atoms with E-state index in [1.807, 2.05) is 55.7 Å². The summed E-state index contributed by atoms with van der Waals surface area (Å²) in [6.45, 7) is 4.26. The Labute approximate surface area is 152 Å². The molecule has 0 aliphatic heterocycles. The van der Waals surface area contributed by atoms with Gasteiger partial charge in [-0.3, -0.25) is 4.79 Å². The van der Waals surface area contributed by atoms with Gasteiger partial charge in [0.1, 0.15) is 5.82 Å². The number of nitrogens with one attached hydrogen (secondary N) is 2. The summed E-state index contributed by atoms with van der Waals surface area (Å²) in [5.74, 6) is 1.36. The van der Waals surface area contributed by atoms with Crippen LogP contribution in [0.15, 0.2) is 48.7 Å². The van der Waals surface area contributed by atoms with Gasteiger partial charge in [-0.2, -0.15) is 0 Å². The molecule has 0 fully saturated rings. The highest BCUT2D eigenvalue weighted by Gasteiger charge is 2.13. The highest BCUT2D eigenvalue weighted by molar-refractivity contribution is 5.97. The normalized spacial score (nSPS) is 11.5. The van der Waals surface area contributed by atoms with Gasteiger partial charge in [-0.05, 0) is 29.8 Å². The molecule has 4 aromatic rings. The number of aryl methyl sites for hydroxylation is 1. The fourth-order valence-electron chi connectivity index (χ4n) is 3.47. The lowest BCUT2D eigenvalue weighted by molar-refractivity contribution is -0.115. The van der Waals surface area contributed by atoms with E-state index in [-0.39, 0.29) is 5.91 Å². The van der Waals surface area contributed by atoms with Gasteiger partial charge in [0.2, 0.25) is 5.91 Å². The van der Waals surface area contributed by atoms with Gasteiger partial charge in [0.25, 0.3) is 0 Å². The van der Waals surface area contributed by atoms with Crippen molar-refractivity contribution in [2.75, 3.05) is 5.32 Å². The first-order valence-electron chi connectivity index (χ1n) is 8.84. The number of carbonyl (C=O) groups is 1. The van der Waals surface area contributed by atoms with Crippen LogP contribution in [0.3, 0.4) is 0 Å². The van der Waals surface area contributed by atoms with Crippen LogP contribution in [0.4, 0.5) is 5.69 Å². The van der Waals surface area contributed by atoms with E-state index in [4.69, 9.17) is 4.98 Å². The summed E-state index contributed by atoms with van der Waals surface area (Å²) in [6.07, 6.45) is 2.24. The molecule has 0 spiro atoms. The van der Waals surface area contributed by atoms with Crippen molar-refractivity contribution in [3.05, 3.63) is 60.0 Å². The number of nitrogens with zero attached hydrogens (tertiary/aromatic N) is 2. The SMILES string of the molecule is CC(C)c1nc2cc(NC(=O)Cc3c[nH]c4ccccc34)ccc2n1C. The Morgan fingerprint density at radius 1 is 1.23 bits per heavy atom. The van der Waals surface area contributed by atoms with E-state index in [1.54, 1.807) is 0 Å². The minimum absolute atomic E-state index is 0.0332. The smallest absolute Gasteiger partial charge is 0.228 e. The van der Waals surface area contributed by atoms with Gasteiger partial charge in [0, 0.05) is 35.8 Å². The van der Waals surface area contributed by atoms with Crippen molar-refractivity contribution in [2.45, 2.75) is 26.2 Å². The largest absolute Gasteiger partial charge is 0.361 e. The molecule has 2 aromatic heterocycles. The van der Waals surface area contributed by atoms with Crippen LogP contribution in [-0.2, 0) is 18.3 Å². The second-order valence-corrected chi connectivity index (χ2v) is 6.97. The van der Waals surface area contributed by atoms with E-state index >= 15 is 0 Å². The van der Waals surface area contributed by atoms with Crippen molar-refractivity contribution in [3.63, 3.8) is 0 Å². The molecule has 4 rings (SSSR count). The first-order chi connectivity index (χ1) is 12.5. The second kappa shape index (κ2) is 6.33. The third kappa shape index (κ3) is 2.86. The lowest BCUT2D eigenvalue weighted by Crippen LogP contribution is -2.14. The predicted octanol–water partition coefficient (Wildman–Crippen LogP) is 4.36. The van der Waals surface area contributed by atoms with Gasteiger partial charge < -0.3 is 14.9 Å². The minimum Gasteiger partial charge on any atom is -0.361 e. The molecule has 26 heavy (non-hydrogen) atoms. The summed E-state index contributed by atoms with van der Waals surface area (Å²) in [5.41, 5.74) is 4.80. The Bertz CT molecular complexity index is 1100. The quantitative estimate of drug-likeness (QED) is 0.577. The number of hydrogen-bond acceptors (Lipinski definition) is 2. The molecule has 0 aliphatic rings. The maximum absolute atomic E-state index is 12.5. The minimum atomic E-state index is -0.0332. The Hall–Kier alpha value is -3.08. The molecule has 0 unspecified atom stereocenters. The molecule has 1 amide bonds. The number of fused-ring (bicyclic) bond motifs is 2. The topological polar surface area (TPSA) is 62.7 Å². The number of anilines is 1. The standard InChI is InChI=1S/C21H22N4O/c1-13(2)21-24-18-11-15(8-9-19(18)25(21)3)23-20(26)10-14-12-22-17-7-5-4-6-16(14)17/h4-9,11-13,22H,10H2,1-3H3,(H,23,26). The molecule has 5 nitrogen and oxygen atoms in total. The lowest BCUT2D eigenvalue weighted by Gasteiger charge is -2.06. The summed E-state index contributed by atoms with van der Waals surface area (Å²) in [7, 11) is 2.03. The molecule has 0 saturated heterocycles. The second-order valence-electron chi connectivity index (χ2n) is 6.97. The van der Waals surface area contributed by atoms with Gasteiger partial charge in [0.05, 0.1) is 17.5 Å². The fraction of sp³-hybridized carbons (Fsp3) is 0.238. The van der Waals surface area contributed by atoms with Crippen LogP contribution < -0.4 is 5.32 Å². The van der Waals surface area contributed by atoms with Crippen LogP contribution in [0.25, 0.3) is 21.9 Å². The summed E-state index contributed by atoms with van der Waals surface area (Å²) in [4.78, 5) is 20.4. The van der Waals surface area contributed by atoms with Gasteiger partial charge >= 0.3 is 0 Å². The van der Waals surface area contributed by atoms with E-state index in [2.05, 4.69) is 28.7 Å². The number of carbonyl (C=O) groups excluding carboxylic acids is 1. The summed E-state index contributed by atoms with van der Waals surface area (Å²) >= 11 is 0. The average Bonchev–Trinajstić information content (AvgIpc) is 3.16. The first-order valence-corrected chi connectivity index (χ1v) is 8.84. The molecule has 2 aromatic carbocycles. The zero-order chi connectivity index (χ0) is 18.3. The van der Waals surface area contributed by atoms with Gasteiger partial charge in [-0.15, -0.1) is 0 Å². The Balaban J connectivity index is 1.55. The number of benzene rings is 2. The van der Waals surface area contributed by atoms with Crippen molar-refractivity contribution < 1.29 is 4.79 Å². The molecule has 0 bridgehead atoms. The summed E-state index contributed by atoms with van der Waals surface area (Å²) < 4.78 is 2.11. The monoisotopic (exact) mass is 346 g/mol. The number of aromatic amines is 1. The van der Waals surface area contributed by atoms with Crippen LogP contribution in [-0.4, -0.2) is 20.4 Å². The van der Waals surface area contributed by atoms with Gasteiger partial charge in [0.15, 0.2) is 0 Å². The first kappa shape index (κ1) is 16.4. The molecule has 132 valence electrons. The average molecular weight is 346 g/mol. The zero-order valence-electron chi connectivity index (χ0n) is 15.2. The maximum Gasteiger partial charge on any atom is 0.228 e. The van der Waals surface area contributed by atoms with Crippen molar-refractivity contribution in [2.24, 2.45) is 7.05 Å². The van der Waals surface area contributed by atoms with Crippen LogP contribution in [0.5, 0.6) is 0 Å². The highest BCUT2D eigenvalue weighted by atomic mass is 16.1. The van der Waals surface area contributed by atoms with Crippen LogP contribution in [0.2, 0.25) is 0 Å². The third-order valence-electron chi connectivity index (χ3n) is 4.74. The van der Waals surface area contributed by atoms with Gasteiger partial charge in [-0.1, -0.05) is 32.0 Å². The Morgan fingerprint density at radius 2 is 2.04 bits per heavy atom. The number of hydrogen-bond donors (Lipinski definition) is 2. The molecule has 0 saturated carbocycles. The number of aromatic nitrogens is 3. The predicted molar refractivity (Wildman–Crippen MR) is 105 cm³/mol. The number of amides is 1. The van der Waals surface area contributed by atoms with Crippen molar-refractivity contribution in [1.29, 1.82) is 0 Å². The molecule has 0 aliphatic carbocycles. The molecular formula is C21H22N4O. The molecule has 0 atom stereocenters. The van der Waals surface area contributed by atoms with Crippen molar-refractivity contribution >= 4 is 33.5 Å². The van der Waals surface area contributed by atoms with E-state index in [1.165, 1.54) is 0 Å². The highest BCUT2D eigenvalue weighted by Crippen LogP contribution is 2.24. The zero-order valence-corrected chi connectivity index (χ0v) is 15.2. The third-order valence-corrected chi connectivity index (χ3v) is 4.74. The van der Waals surface area contributed by atoms with Crippen LogP contribution in [0, 0.1) is 0 Å². The van der Waals surface area contributed by atoms with Crippen LogP contribution >= 0.6 is 0 Å². The van der Waals surface area contributed by atoms with Crippen molar-refractivity contribution in [3.8, 4) is 0 Å². The Kier molecular flexibility index (Phi) is 3.99. The molecule has 5 heteroatoms. The van der Waals surface area contributed by atoms with E-state index < -0.39 is 0 Å². The van der Waals surface area contributed by atoms with Crippen LogP contribution in [0.1, 0.15) is 31.2 Å². The number of imidazole rings is 1. The molecular weight excluding hydrogens is 324 g/mol.